The Kier molecular flexibility index (Phi) is 20.4. The summed E-state index contributed by atoms with van der Waals surface area (Å²) < 4.78 is 41.1. The highest BCUT2D eigenvalue weighted by Gasteiger charge is 2.47. The average Bonchev–Trinajstić information content (AvgIpc) is 3.25. The van der Waals surface area contributed by atoms with E-state index in [2.05, 4.69) is 30.4 Å². The topological polar surface area (TPSA) is 372 Å². The average molecular weight is 977 g/mol. The summed E-state index contributed by atoms with van der Waals surface area (Å²) in [6.45, 7) is 6.53. The minimum absolute atomic E-state index is 0.0336. The van der Waals surface area contributed by atoms with Crippen molar-refractivity contribution in [3.63, 3.8) is 0 Å². The van der Waals surface area contributed by atoms with Gasteiger partial charge in [-0.3, -0.25) is 38.3 Å². The number of aromatic hydroxyl groups is 1. The van der Waals surface area contributed by atoms with Gasteiger partial charge in [0.15, 0.2) is 12.1 Å². The van der Waals surface area contributed by atoms with Crippen molar-refractivity contribution in [3.05, 3.63) is 28.8 Å². The lowest BCUT2D eigenvalue weighted by Crippen LogP contribution is -2.66. The lowest BCUT2D eigenvalue weighted by Gasteiger charge is -2.44. The van der Waals surface area contributed by atoms with Gasteiger partial charge in [0.05, 0.1) is 5.02 Å². The summed E-state index contributed by atoms with van der Waals surface area (Å²) in [7, 11) is -3.83. The van der Waals surface area contributed by atoms with Crippen LogP contribution in [0.2, 0.25) is 5.02 Å². The fraction of sp³-hybridized carbons (Fsp3) is 0.650. The molecule has 1 aromatic rings. The van der Waals surface area contributed by atoms with Gasteiger partial charge in [-0.2, -0.15) is 8.42 Å². The number of halogens is 1. The minimum atomic E-state index is -5.14. The molecule has 0 aromatic heterocycles. The standard InChI is InChI=1S/C40H62ClN9O15S/c1-7-19(3)30-39(60)65-21(5)31(48-35(56)28(52)18-64-66(61,62)63)36(57)45-24(10-9-15-44-40(42)43)33(54)46-25-12-14-29(53)50(37(25)58)32(20(4)8-2)38(59)49(6)26(34(55)47-30)17-22-11-13-27(51)23(41)16-22/h11,13,16,19-21,24-26,28-32,51-53H,7-10,12,14-15,17-18H2,1-6H3,(H,45,57)(H,46,54)(H,47,55)(H,48,56)(H4,42,43,44)(H,61,62,63)/t19-,20-,21+,24-,25-,26-,28-,29+,30-,31-,32-/m0/s1. The van der Waals surface area contributed by atoms with E-state index in [0.29, 0.717) is 12.0 Å². The van der Waals surface area contributed by atoms with E-state index in [1.54, 1.807) is 27.7 Å². The number of ether oxygens (including phenoxy) is 1. The van der Waals surface area contributed by atoms with Gasteiger partial charge in [-0.15, -0.1) is 0 Å². The number of fused-ring (bicyclic) bond motifs is 2. The number of likely N-dealkylation sites (N-methyl/N-ethyl adjacent to an activating group) is 1. The number of nitrogens with one attached hydrogen (secondary N) is 4. The van der Waals surface area contributed by atoms with Gasteiger partial charge < -0.3 is 62.6 Å². The maximum absolute atomic E-state index is 14.8. The van der Waals surface area contributed by atoms with Crippen LogP contribution >= 0.6 is 11.6 Å². The highest BCUT2D eigenvalue weighted by atomic mass is 35.5. The molecule has 11 atom stereocenters. The molecule has 12 N–H and O–H groups in total. The lowest BCUT2D eigenvalue weighted by molar-refractivity contribution is -0.168. The number of phenolic OH excluding ortho intramolecular Hbond substituents is 1. The molecule has 2 aliphatic rings. The fourth-order valence-corrected chi connectivity index (χ4v) is 7.81. The van der Waals surface area contributed by atoms with E-state index in [0.717, 1.165) is 16.7 Å². The van der Waals surface area contributed by atoms with Crippen LogP contribution in [0.25, 0.3) is 0 Å². The summed E-state index contributed by atoms with van der Waals surface area (Å²) in [5.41, 5.74) is 11.3. The Bertz CT molecular complexity index is 2080. The largest absolute Gasteiger partial charge is 0.506 e. The van der Waals surface area contributed by atoms with Crippen molar-refractivity contribution in [2.75, 3.05) is 20.2 Å². The smallest absolute Gasteiger partial charge is 0.397 e. The number of benzene rings is 1. The highest BCUT2D eigenvalue weighted by Crippen LogP contribution is 2.29. The molecule has 3 rings (SSSR count). The third-order valence-electron chi connectivity index (χ3n) is 11.6. The maximum Gasteiger partial charge on any atom is 0.397 e. The number of esters is 1. The van der Waals surface area contributed by atoms with E-state index in [1.807, 2.05) is 0 Å². The molecule has 26 heteroatoms. The zero-order chi connectivity index (χ0) is 49.8. The van der Waals surface area contributed by atoms with Crippen molar-refractivity contribution in [3.8, 4) is 5.75 Å². The summed E-state index contributed by atoms with van der Waals surface area (Å²) in [5, 5.41) is 41.7. The first-order chi connectivity index (χ1) is 30.8. The predicted octanol–water partition coefficient (Wildman–Crippen LogP) is -2.06. The first-order valence-electron chi connectivity index (χ1n) is 21.3. The Morgan fingerprint density at radius 1 is 1.02 bits per heavy atom. The second kappa shape index (κ2) is 24.4. The van der Waals surface area contributed by atoms with Gasteiger partial charge in [-0.25, -0.2) is 8.98 Å². The van der Waals surface area contributed by atoms with Crippen LogP contribution in [0, 0.1) is 11.8 Å². The van der Waals surface area contributed by atoms with E-state index in [4.69, 9.17) is 32.4 Å². The van der Waals surface area contributed by atoms with Crippen LogP contribution in [0.15, 0.2) is 23.2 Å². The molecular weight excluding hydrogens is 914 g/mol. The summed E-state index contributed by atoms with van der Waals surface area (Å²) in [6, 6.07) is -5.13. The van der Waals surface area contributed by atoms with E-state index < -0.39 is 125 Å². The first-order valence-corrected chi connectivity index (χ1v) is 23.1. The molecule has 2 bridgehead atoms. The molecule has 2 saturated heterocycles. The molecule has 6 amide bonds. The minimum Gasteiger partial charge on any atom is -0.506 e. The van der Waals surface area contributed by atoms with Crippen molar-refractivity contribution in [2.45, 2.75) is 134 Å². The van der Waals surface area contributed by atoms with Gasteiger partial charge in [0.2, 0.25) is 29.5 Å². The molecule has 2 fully saturated rings. The number of guanidine groups is 1. The number of aliphatic hydroxyl groups is 2. The third-order valence-corrected chi connectivity index (χ3v) is 12.3. The molecular formula is C40H62ClN9O15S. The number of rotatable bonds is 15. The Balaban J connectivity index is 2.26. The molecule has 0 aliphatic carbocycles. The number of aliphatic imine (C=N–C) groups is 1. The maximum atomic E-state index is 14.8. The number of phenols is 1. The highest BCUT2D eigenvalue weighted by molar-refractivity contribution is 7.80. The van der Waals surface area contributed by atoms with Gasteiger partial charge in [-0.1, -0.05) is 58.2 Å². The fourth-order valence-electron chi connectivity index (χ4n) is 7.31. The normalized spacial score (nSPS) is 26.6. The SMILES string of the molecule is CC[C@H](C)[C@@H]1NC(=O)[C@H](Cc2ccc(O)c(Cl)c2)N(C)C(=O)[C@H]([C@@H](C)CC)N2C(=O)[C@H](CC[C@H]2O)NC(=O)[C@H](CCCN=C(N)N)NC(=O)[C@@H](NC(=O)[C@@H](O)COS(=O)(=O)O)[C@@H](C)OC1=O. The van der Waals surface area contributed by atoms with E-state index in [9.17, 15) is 57.3 Å². The third kappa shape index (κ3) is 15.1. The number of amides is 6. The van der Waals surface area contributed by atoms with Crippen LogP contribution in [0.4, 0.5) is 0 Å². The Labute approximate surface area is 387 Å². The summed E-state index contributed by atoms with van der Waals surface area (Å²) >= 11 is 6.22. The molecule has 24 nitrogen and oxygen atoms in total. The number of cyclic esters (lactones) is 1. The van der Waals surface area contributed by atoms with Crippen LogP contribution in [0.5, 0.6) is 5.75 Å². The number of nitrogens with two attached hydrogens (primary N) is 2. The van der Waals surface area contributed by atoms with Crippen LogP contribution in [0.1, 0.15) is 78.7 Å². The molecule has 0 saturated carbocycles. The van der Waals surface area contributed by atoms with Gasteiger partial charge in [-0.05, 0) is 62.1 Å². The number of piperidine rings is 1. The summed E-state index contributed by atoms with van der Waals surface area (Å²) in [4.78, 5) is 105. The monoisotopic (exact) mass is 975 g/mol. The van der Waals surface area contributed by atoms with Crippen molar-refractivity contribution >= 4 is 69.4 Å². The van der Waals surface area contributed by atoms with Crippen LogP contribution in [-0.4, -0.2) is 160 Å². The zero-order valence-electron chi connectivity index (χ0n) is 37.5. The number of nitrogens with zero attached hydrogens (tertiary/aromatic N) is 3. The zero-order valence-corrected chi connectivity index (χ0v) is 39.1. The molecule has 2 heterocycles. The quantitative estimate of drug-likeness (QED) is 0.0297. The molecule has 0 radical (unpaired) electrons. The Morgan fingerprint density at radius 2 is 1.67 bits per heavy atom. The summed E-state index contributed by atoms with van der Waals surface area (Å²) in [6.07, 6.45) is -5.62. The number of carbonyl (C=O) groups is 7. The summed E-state index contributed by atoms with van der Waals surface area (Å²) in [5.74, 6) is -9.14. The van der Waals surface area contributed by atoms with Gasteiger partial charge >= 0.3 is 16.4 Å². The van der Waals surface area contributed by atoms with Crippen molar-refractivity contribution < 1.29 is 70.8 Å². The van der Waals surface area contributed by atoms with E-state index in [-0.39, 0.29) is 61.8 Å². The van der Waals surface area contributed by atoms with Crippen LogP contribution < -0.4 is 32.7 Å². The molecule has 370 valence electrons. The van der Waals surface area contributed by atoms with Gasteiger partial charge in [0.25, 0.3) is 5.91 Å². The molecule has 1 aromatic carbocycles. The van der Waals surface area contributed by atoms with Gasteiger partial charge in [0, 0.05) is 20.0 Å². The van der Waals surface area contributed by atoms with Crippen molar-refractivity contribution in [1.29, 1.82) is 0 Å². The van der Waals surface area contributed by atoms with Crippen molar-refractivity contribution in [2.24, 2.45) is 28.3 Å². The number of hydrogen-bond acceptors (Lipinski definition) is 15. The molecule has 0 unspecified atom stereocenters. The Morgan fingerprint density at radius 3 is 2.26 bits per heavy atom. The predicted molar refractivity (Wildman–Crippen MR) is 235 cm³/mol. The molecule has 66 heavy (non-hydrogen) atoms. The van der Waals surface area contributed by atoms with Gasteiger partial charge in [0.1, 0.15) is 60.9 Å². The second-order valence-corrected chi connectivity index (χ2v) is 17.9. The Hall–Kier alpha value is -5.34. The second-order valence-electron chi connectivity index (χ2n) is 16.4. The first kappa shape index (κ1) is 55.0. The van der Waals surface area contributed by atoms with Crippen LogP contribution in [0.3, 0.4) is 0 Å². The van der Waals surface area contributed by atoms with Crippen molar-refractivity contribution in [1.82, 2.24) is 31.1 Å². The molecule has 2 aliphatic heterocycles. The lowest BCUT2D eigenvalue weighted by atomic mass is 9.91. The van der Waals surface area contributed by atoms with Crippen LogP contribution in [-0.2, 0) is 59.3 Å². The number of carbonyl (C=O) groups excluding carboxylic acids is 7. The number of aliphatic hydroxyl groups excluding tert-OH is 2. The van der Waals surface area contributed by atoms with E-state index >= 15 is 0 Å². The number of hydrogen-bond donors (Lipinski definition) is 10. The molecule has 0 spiro atoms. The van der Waals surface area contributed by atoms with E-state index in [1.165, 1.54) is 25.2 Å².